The average molecular weight is 351 g/mol. The molecular weight excluding hydrogens is 316 g/mol. The molecule has 6 nitrogen and oxygen atoms in total. The van der Waals surface area contributed by atoms with Crippen LogP contribution in [-0.2, 0) is 0 Å². The lowest BCUT2D eigenvalue weighted by molar-refractivity contribution is 0.295. The Balaban J connectivity index is 2.74. The molecule has 2 N–H and O–H groups in total. The van der Waals surface area contributed by atoms with E-state index in [1.807, 2.05) is 12.1 Å². The van der Waals surface area contributed by atoms with Crippen LogP contribution in [0.5, 0.6) is 11.5 Å². The fraction of sp³-hybridized carbons (Fsp3) is 0.632. The zero-order valence-electron chi connectivity index (χ0n) is 16.6. The van der Waals surface area contributed by atoms with Crippen LogP contribution < -0.4 is 20.1 Å². The Morgan fingerprint density at radius 3 is 2.40 bits per heavy atom. The molecule has 0 aliphatic heterocycles. The summed E-state index contributed by atoms with van der Waals surface area (Å²) in [5.41, 5.74) is 1.16. The number of aliphatic imine (C=N–C) groups is 1. The number of likely N-dealkylation sites (N-methyl/N-ethyl adjacent to an activating group) is 1. The Morgan fingerprint density at radius 1 is 1.12 bits per heavy atom. The minimum absolute atomic E-state index is 0.189. The second-order valence-corrected chi connectivity index (χ2v) is 6.18. The van der Waals surface area contributed by atoms with Crippen LogP contribution in [0.2, 0.25) is 0 Å². The van der Waals surface area contributed by atoms with Crippen LogP contribution in [-0.4, -0.2) is 59.3 Å². The summed E-state index contributed by atoms with van der Waals surface area (Å²) in [6.07, 6.45) is 3.61. The summed E-state index contributed by atoms with van der Waals surface area (Å²) in [7, 11) is 9.25. The third-order valence-electron chi connectivity index (χ3n) is 4.17. The van der Waals surface area contributed by atoms with Crippen molar-refractivity contribution in [3.8, 4) is 11.5 Å². The van der Waals surface area contributed by atoms with Gasteiger partial charge in [-0.1, -0.05) is 25.8 Å². The largest absolute Gasteiger partial charge is 0.493 e. The summed E-state index contributed by atoms with van der Waals surface area (Å²) in [4.78, 5) is 6.48. The van der Waals surface area contributed by atoms with Gasteiger partial charge in [0.25, 0.3) is 0 Å². The summed E-state index contributed by atoms with van der Waals surface area (Å²) < 4.78 is 10.8. The molecule has 142 valence electrons. The van der Waals surface area contributed by atoms with Crippen LogP contribution in [0.1, 0.15) is 37.8 Å². The van der Waals surface area contributed by atoms with Crippen LogP contribution in [0.3, 0.4) is 0 Å². The molecule has 0 aromatic heterocycles. The quantitative estimate of drug-likeness (QED) is 0.386. The van der Waals surface area contributed by atoms with Crippen molar-refractivity contribution < 1.29 is 9.47 Å². The highest BCUT2D eigenvalue weighted by Gasteiger charge is 2.17. The fourth-order valence-electron chi connectivity index (χ4n) is 2.65. The number of hydrogen-bond acceptors (Lipinski definition) is 4. The second kappa shape index (κ2) is 11.6. The molecule has 0 bridgehead atoms. The maximum atomic E-state index is 5.43. The van der Waals surface area contributed by atoms with E-state index in [0.29, 0.717) is 0 Å². The number of rotatable bonds is 10. The predicted octanol–water partition coefficient (Wildman–Crippen LogP) is 2.66. The SMILES string of the molecule is CCCCCNC(=NC)NCC(c1ccc(OC)c(OC)c1)N(C)C. The predicted molar refractivity (Wildman–Crippen MR) is 105 cm³/mol. The van der Waals surface area contributed by atoms with Crippen molar-refractivity contribution in [1.82, 2.24) is 15.5 Å². The number of hydrogen-bond donors (Lipinski definition) is 2. The molecular formula is C19H34N4O2. The molecule has 0 saturated carbocycles. The van der Waals surface area contributed by atoms with E-state index in [1.165, 1.54) is 12.8 Å². The molecule has 0 saturated heterocycles. The number of nitrogens with one attached hydrogen (secondary N) is 2. The summed E-state index contributed by atoms with van der Waals surface area (Å²) in [5.74, 6) is 2.32. The van der Waals surface area contributed by atoms with Crippen LogP contribution in [0.25, 0.3) is 0 Å². The standard InChI is InChI=1S/C19H34N4O2/c1-7-8-9-12-21-19(20-2)22-14-16(23(3)4)15-10-11-17(24-5)18(13-15)25-6/h10-11,13,16H,7-9,12,14H2,1-6H3,(H2,20,21,22). The van der Waals surface area contributed by atoms with Gasteiger partial charge < -0.3 is 25.0 Å². The van der Waals surface area contributed by atoms with E-state index in [2.05, 4.69) is 47.6 Å². The van der Waals surface area contributed by atoms with Gasteiger partial charge in [0.2, 0.25) is 0 Å². The van der Waals surface area contributed by atoms with Crippen LogP contribution in [0.4, 0.5) is 0 Å². The van der Waals surface area contributed by atoms with Crippen LogP contribution >= 0.6 is 0 Å². The second-order valence-electron chi connectivity index (χ2n) is 6.18. The number of methoxy groups -OCH3 is 2. The molecule has 0 spiro atoms. The summed E-state index contributed by atoms with van der Waals surface area (Å²) in [5, 5.41) is 6.78. The molecule has 1 unspecified atom stereocenters. The number of benzene rings is 1. The van der Waals surface area contributed by atoms with Crippen molar-refractivity contribution in [2.75, 3.05) is 48.5 Å². The van der Waals surface area contributed by atoms with Crippen molar-refractivity contribution >= 4 is 5.96 Å². The van der Waals surface area contributed by atoms with E-state index in [0.717, 1.165) is 42.5 Å². The lowest BCUT2D eigenvalue weighted by Gasteiger charge is -2.26. The van der Waals surface area contributed by atoms with Gasteiger partial charge in [-0.05, 0) is 38.2 Å². The minimum Gasteiger partial charge on any atom is -0.493 e. The Labute approximate surface area is 152 Å². The zero-order valence-corrected chi connectivity index (χ0v) is 16.6. The summed E-state index contributed by atoms with van der Waals surface area (Å²) in [6, 6.07) is 6.24. The first-order chi connectivity index (χ1) is 12.1. The zero-order chi connectivity index (χ0) is 18.7. The Bertz CT molecular complexity index is 532. The van der Waals surface area contributed by atoms with Gasteiger partial charge in [-0.2, -0.15) is 0 Å². The number of nitrogens with zero attached hydrogens (tertiary/aromatic N) is 2. The smallest absolute Gasteiger partial charge is 0.191 e. The first kappa shape index (κ1) is 21.1. The highest BCUT2D eigenvalue weighted by molar-refractivity contribution is 5.79. The lowest BCUT2D eigenvalue weighted by Crippen LogP contribution is -2.42. The third kappa shape index (κ3) is 6.82. The Hall–Kier alpha value is -1.95. The number of ether oxygens (including phenoxy) is 2. The molecule has 6 heteroatoms. The normalized spacial score (nSPS) is 12.8. The molecule has 0 fully saturated rings. The van der Waals surface area contributed by atoms with Gasteiger partial charge >= 0.3 is 0 Å². The van der Waals surface area contributed by atoms with Gasteiger partial charge in [0.1, 0.15) is 0 Å². The van der Waals surface area contributed by atoms with Crippen molar-refractivity contribution in [2.45, 2.75) is 32.2 Å². The highest BCUT2D eigenvalue weighted by atomic mass is 16.5. The summed E-state index contributed by atoms with van der Waals surface area (Å²) >= 11 is 0. The minimum atomic E-state index is 0.189. The first-order valence-electron chi connectivity index (χ1n) is 8.90. The molecule has 1 rings (SSSR count). The van der Waals surface area contributed by atoms with E-state index >= 15 is 0 Å². The van der Waals surface area contributed by atoms with Crippen LogP contribution in [0.15, 0.2) is 23.2 Å². The third-order valence-corrected chi connectivity index (χ3v) is 4.17. The van der Waals surface area contributed by atoms with Gasteiger partial charge in [-0.15, -0.1) is 0 Å². The Morgan fingerprint density at radius 2 is 1.84 bits per heavy atom. The molecule has 0 radical (unpaired) electrons. The monoisotopic (exact) mass is 350 g/mol. The maximum absolute atomic E-state index is 5.43. The molecule has 0 heterocycles. The first-order valence-corrected chi connectivity index (χ1v) is 8.90. The van der Waals surface area contributed by atoms with Crippen molar-refractivity contribution in [2.24, 2.45) is 4.99 Å². The van der Waals surface area contributed by atoms with Gasteiger partial charge in [0.15, 0.2) is 17.5 Å². The van der Waals surface area contributed by atoms with Gasteiger partial charge in [0, 0.05) is 20.1 Å². The number of guanidine groups is 1. The molecule has 25 heavy (non-hydrogen) atoms. The van der Waals surface area contributed by atoms with E-state index in [4.69, 9.17) is 9.47 Å². The molecule has 1 atom stereocenters. The van der Waals surface area contributed by atoms with Crippen molar-refractivity contribution in [3.63, 3.8) is 0 Å². The lowest BCUT2D eigenvalue weighted by atomic mass is 10.1. The van der Waals surface area contributed by atoms with Crippen molar-refractivity contribution in [3.05, 3.63) is 23.8 Å². The van der Waals surface area contributed by atoms with Crippen molar-refractivity contribution in [1.29, 1.82) is 0 Å². The maximum Gasteiger partial charge on any atom is 0.191 e. The highest BCUT2D eigenvalue weighted by Crippen LogP contribution is 2.31. The van der Waals surface area contributed by atoms with E-state index in [-0.39, 0.29) is 6.04 Å². The Kier molecular flexibility index (Phi) is 9.77. The van der Waals surface area contributed by atoms with E-state index in [9.17, 15) is 0 Å². The van der Waals surface area contributed by atoms with Gasteiger partial charge in [-0.25, -0.2) is 0 Å². The molecule has 0 amide bonds. The van der Waals surface area contributed by atoms with Crippen LogP contribution in [0, 0.1) is 0 Å². The average Bonchev–Trinajstić information content (AvgIpc) is 2.63. The van der Waals surface area contributed by atoms with E-state index in [1.54, 1.807) is 21.3 Å². The number of unbranched alkanes of at least 4 members (excludes halogenated alkanes) is 2. The topological polar surface area (TPSA) is 58.1 Å². The molecule has 1 aromatic rings. The van der Waals surface area contributed by atoms with E-state index < -0.39 is 0 Å². The summed E-state index contributed by atoms with van der Waals surface area (Å²) in [6.45, 7) is 3.89. The van der Waals surface area contributed by atoms with Gasteiger partial charge in [-0.3, -0.25) is 4.99 Å². The molecule has 1 aromatic carbocycles. The molecule has 0 aliphatic rings. The molecule has 0 aliphatic carbocycles. The fourth-order valence-corrected chi connectivity index (χ4v) is 2.65. The van der Waals surface area contributed by atoms with Gasteiger partial charge in [0.05, 0.1) is 20.3 Å².